The van der Waals surface area contributed by atoms with Gasteiger partial charge in [0.1, 0.15) is 0 Å². The normalized spacial score (nSPS) is 9.57. The first-order chi connectivity index (χ1) is 6.70. The number of benzene rings is 1. The molecule has 0 radical (unpaired) electrons. The average Bonchev–Trinajstić information content (AvgIpc) is 2.19. The number of nitrogens with one attached hydrogen (secondary N) is 1. The summed E-state index contributed by atoms with van der Waals surface area (Å²) in [6, 6.07) is 9.64. The van der Waals surface area contributed by atoms with Gasteiger partial charge in [-0.05, 0) is 12.0 Å². The molecule has 4 nitrogen and oxygen atoms in total. The zero-order chi connectivity index (χ0) is 10.4. The minimum Gasteiger partial charge on any atom is -0.420 e. The van der Waals surface area contributed by atoms with Crippen molar-refractivity contribution in [2.24, 2.45) is 0 Å². The Balaban J connectivity index is 2.26. The molecule has 0 spiro atoms. The van der Waals surface area contributed by atoms with E-state index in [-0.39, 0.29) is 0 Å². The van der Waals surface area contributed by atoms with Crippen LogP contribution in [0.25, 0.3) is 0 Å². The zero-order valence-electron chi connectivity index (χ0n) is 7.68. The molecule has 1 aromatic carbocycles. The molecule has 3 N–H and O–H groups in total. The molecule has 0 aromatic heterocycles. The molecule has 0 aliphatic heterocycles. The maximum atomic E-state index is 10.7. The fourth-order valence-corrected chi connectivity index (χ4v) is 1.07. The van der Waals surface area contributed by atoms with Crippen LogP contribution in [0.3, 0.4) is 0 Å². The molecule has 1 rings (SSSR count). The largest absolute Gasteiger partial charge is 0.551 e. The minimum absolute atomic E-state index is 0.403. The van der Waals surface area contributed by atoms with Crippen LogP contribution in [-0.2, 0) is 6.42 Å². The Morgan fingerprint density at radius 3 is 2.50 bits per heavy atom. The summed E-state index contributed by atoms with van der Waals surface area (Å²) in [6.45, 7) is 0.403. The van der Waals surface area contributed by atoms with E-state index in [9.17, 15) is 4.79 Å². The summed E-state index contributed by atoms with van der Waals surface area (Å²) in [4.78, 5) is 10.7. The third-order valence-corrected chi connectivity index (χ3v) is 1.79. The van der Waals surface area contributed by atoms with Gasteiger partial charge in [-0.15, -0.1) is 0 Å². The van der Waals surface area contributed by atoms with Crippen molar-refractivity contribution in [1.82, 2.24) is 5.32 Å². The van der Waals surface area contributed by atoms with Crippen molar-refractivity contribution in [2.45, 2.75) is 6.42 Å². The molecule has 5 heteroatoms. The lowest BCUT2D eigenvalue weighted by atomic mass is 9.91. The van der Waals surface area contributed by atoms with Gasteiger partial charge in [-0.1, -0.05) is 30.3 Å². The van der Waals surface area contributed by atoms with Crippen LogP contribution in [0.1, 0.15) is 5.56 Å². The molecule has 74 valence electrons. The lowest BCUT2D eigenvalue weighted by Gasteiger charge is -2.03. The van der Waals surface area contributed by atoms with Gasteiger partial charge in [-0.25, -0.2) is 0 Å². The van der Waals surface area contributed by atoms with Crippen molar-refractivity contribution < 1.29 is 14.8 Å². The second-order valence-electron chi connectivity index (χ2n) is 2.90. The first-order valence-corrected chi connectivity index (χ1v) is 4.38. The summed E-state index contributed by atoms with van der Waals surface area (Å²) in [5, 5.41) is 19.3. The van der Waals surface area contributed by atoms with Gasteiger partial charge in [0.2, 0.25) is 5.81 Å². The highest BCUT2D eigenvalue weighted by Gasteiger charge is 2.18. The van der Waals surface area contributed by atoms with Crippen molar-refractivity contribution in [1.29, 1.82) is 0 Å². The van der Waals surface area contributed by atoms with Gasteiger partial charge in [0.25, 0.3) is 0 Å². The smallest absolute Gasteiger partial charge is 0.420 e. The topological polar surface area (TPSA) is 69.6 Å². The molecule has 0 saturated carbocycles. The lowest BCUT2D eigenvalue weighted by molar-refractivity contribution is 0.248. The van der Waals surface area contributed by atoms with E-state index >= 15 is 0 Å². The van der Waals surface area contributed by atoms with Gasteiger partial charge in [0, 0.05) is 6.54 Å². The van der Waals surface area contributed by atoms with Crippen molar-refractivity contribution >= 4 is 12.9 Å². The summed E-state index contributed by atoms with van der Waals surface area (Å²) in [5.74, 6) is -0.763. The molecule has 0 aliphatic carbocycles. The van der Waals surface area contributed by atoms with E-state index in [0.717, 1.165) is 5.56 Å². The summed E-state index contributed by atoms with van der Waals surface area (Å²) >= 11 is 0. The van der Waals surface area contributed by atoms with E-state index in [1.807, 2.05) is 30.3 Å². The number of carbonyl (C=O) groups excluding carboxylic acids is 1. The molecule has 0 bridgehead atoms. The number of carbonyl (C=O) groups is 1. The first kappa shape index (κ1) is 10.8. The minimum atomic E-state index is -1.93. The second-order valence-corrected chi connectivity index (χ2v) is 2.90. The fourth-order valence-electron chi connectivity index (χ4n) is 1.07. The summed E-state index contributed by atoms with van der Waals surface area (Å²) in [5.41, 5.74) is 1.10. The SMILES string of the molecule is O=C(NCCc1ccccc1)B(O)O. The Bertz CT molecular complexity index is 289. The van der Waals surface area contributed by atoms with Crippen molar-refractivity contribution in [2.75, 3.05) is 6.54 Å². The van der Waals surface area contributed by atoms with E-state index < -0.39 is 12.9 Å². The van der Waals surface area contributed by atoms with Crippen LogP contribution in [0.2, 0.25) is 0 Å². The first-order valence-electron chi connectivity index (χ1n) is 4.38. The van der Waals surface area contributed by atoms with E-state index in [0.29, 0.717) is 13.0 Å². The zero-order valence-corrected chi connectivity index (χ0v) is 7.68. The average molecular weight is 193 g/mol. The molecular weight excluding hydrogens is 181 g/mol. The van der Waals surface area contributed by atoms with Crippen LogP contribution in [0.5, 0.6) is 0 Å². The molecule has 14 heavy (non-hydrogen) atoms. The Hall–Kier alpha value is -1.33. The number of rotatable bonds is 4. The Morgan fingerprint density at radius 1 is 1.29 bits per heavy atom. The Labute approximate surface area is 82.7 Å². The van der Waals surface area contributed by atoms with Crippen molar-refractivity contribution in [3.05, 3.63) is 35.9 Å². The third-order valence-electron chi connectivity index (χ3n) is 1.79. The molecular formula is C9H12BNO3. The van der Waals surface area contributed by atoms with Crippen LogP contribution in [0.4, 0.5) is 4.79 Å². The van der Waals surface area contributed by atoms with Crippen LogP contribution in [0, 0.1) is 0 Å². The molecule has 0 aliphatic rings. The highest BCUT2D eigenvalue weighted by Crippen LogP contribution is 1.97. The Kier molecular flexibility index (Phi) is 4.16. The van der Waals surface area contributed by atoms with Crippen LogP contribution >= 0.6 is 0 Å². The molecule has 0 fully saturated rings. The second kappa shape index (κ2) is 5.41. The van der Waals surface area contributed by atoms with Gasteiger partial charge in [-0.3, -0.25) is 4.79 Å². The molecule has 1 amide bonds. The third kappa shape index (κ3) is 3.59. The maximum absolute atomic E-state index is 10.7. The molecule has 0 unspecified atom stereocenters. The molecule has 0 saturated heterocycles. The van der Waals surface area contributed by atoms with Gasteiger partial charge in [0.05, 0.1) is 0 Å². The summed E-state index contributed by atoms with van der Waals surface area (Å²) in [7, 11) is -1.93. The highest BCUT2D eigenvalue weighted by molar-refractivity contribution is 6.78. The van der Waals surface area contributed by atoms with Gasteiger partial charge >= 0.3 is 7.12 Å². The van der Waals surface area contributed by atoms with Crippen LogP contribution < -0.4 is 5.32 Å². The summed E-state index contributed by atoms with van der Waals surface area (Å²) < 4.78 is 0. The van der Waals surface area contributed by atoms with Crippen LogP contribution in [-0.4, -0.2) is 29.5 Å². The fraction of sp³-hybridized carbons (Fsp3) is 0.222. The predicted molar refractivity (Wildman–Crippen MR) is 53.7 cm³/mol. The number of hydrogen-bond donors (Lipinski definition) is 3. The van der Waals surface area contributed by atoms with E-state index in [4.69, 9.17) is 10.0 Å². The highest BCUT2D eigenvalue weighted by atomic mass is 16.4. The predicted octanol–water partition coefficient (Wildman–Crippen LogP) is -0.00680. The quantitative estimate of drug-likeness (QED) is 0.589. The van der Waals surface area contributed by atoms with Crippen molar-refractivity contribution in [3.8, 4) is 0 Å². The van der Waals surface area contributed by atoms with Crippen LogP contribution in [0.15, 0.2) is 30.3 Å². The van der Waals surface area contributed by atoms with E-state index in [1.54, 1.807) is 0 Å². The van der Waals surface area contributed by atoms with Gasteiger partial charge < -0.3 is 15.4 Å². The van der Waals surface area contributed by atoms with E-state index in [1.165, 1.54) is 0 Å². The molecule has 0 heterocycles. The molecule has 1 aromatic rings. The summed E-state index contributed by atoms with van der Waals surface area (Å²) in [6.07, 6.45) is 0.680. The standard InChI is InChI=1S/C9H12BNO3/c12-9(10(13)14)11-7-6-8-4-2-1-3-5-8/h1-5,13-14H,6-7H2,(H,11,12). The van der Waals surface area contributed by atoms with E-state index in [2.05, 4.69) is 5.32 Å². The Morgan fingerprint density at radius 2 is 1.93 bits per heavy atom. The van der Waals surface area contributed by atoms with Gasteiger partial charge in [0.15, 0.2) is 0 Å². The van der Waals surface area contributed by atoms with Crippen molar-refractivity contribution in [3.63, 3.8) is 0 Å². The van der Waals surface area contributed by atoms with Gasteiger partial charge in [-0.2, -0.15) is 0 Å². The molecule has 0 atom stereocenters. The monoisotopic (exact) mass is 193 g/mol. The lowest BCUT2D eigenvalue weighted by Crippen LogP contribution is -2.37. The maximum Gasteiger partial charge on any atom is 0.551 e. The number of hydrogen-bond acceptors (Lipinski definition) is 3. The number of amides is 1.